The van der Waals surface area contributed by atoms with Gasteiger partial charge in [-0.05, 0) is 43.2 Å². The molecule has 0 radical (unpaired) electrons. The van der Waals surface area contributed by atoms with Gasteiger partial charge in [-0.1, -0.05) is 50.5 Å². The molecule has 0 spiro atoms. The van der Waals surface area contributed by atoms with Crippen LogP contribution in [0.3, 0.4) is 0 Å². The van der Waals surface area contributed by atoms with Crippen molar-refractivity contribution >= 4 is 5.78 Å². The van der Waals surface area contributed by atoms with Crippen LogP contribution in [-0.4, -0.2) is 5.78 Å². The lowest BCUT2D eigenvalue weighted by Crippen LogP contribution is -2.37. The molecule has 102 valence electrons. The van der Waals surface area contributed by atoms with E-state index >= 15 is 0 Å². The molecule has 1 aromatic carbocycles. The number of rotatable bonds is 2. The quantitative estimate of drug-likeness (QED) is 0.769. The minimum Gasteiger partial charge on any atom is -0.299 e. The van der Waals surface area contributed by atoms with E-state index in [0.717, 1.165) is 32.1 Å². The van der Waals surface area contributed by atoms with Crippen molar-refractivity contribution in [2.24, 2.45) is 11.3 Å². The molecule has 2 aliphatic rings. The Morgan fingerprint density at radius 1 is 1.11 bits per heavy atom. The monoisotopic (exact) mass is 256 g/mol. The molecule has 1 saturated carbocycles. The molecule has 0 N–H and O–H groups in total. The van der Waals surface area contributed by atoms with E-state index in [1.54, 1.807) is 0 Å². The molecule has 0 heterocycles. The van der Waals surface area contributed by atoms with E-state index in [-0.39, 0.29) is 11.3 Å². The number of carbonyl (C=O) groups is 1. The molecule has 1 fully saturated rings. The molecule has 0 amide bonds. The highest BCUT2D eigenvalue weighted by molar-refractivity contribution is 5.87. The van der Waals surface area contributed by atoms with Crippen LogP contribution in [0.15, 0.2) is 24.3 Å². The minimum atomic E-state index is -0.0187. The van der Waals surface area contributed by atoms with Gasteiger partial charge in [0.05, 0.1) is 0 Å². The molecule has 1 aromatic rings. The van der Waals surface area contributed by atoms with E-state index in [0.29, 0.717) is 5.78 Å². The molecule has 19 heavy (non-hydrogen) atoms. The highest BCUT2D eigenvalue weighted by Gasteiger charge is 2.39. The van der Waals surface area contributed by atoms with Gasteiger partial charge in [0.25, 0.3) is 0 Å². The summed E-state index contributed by atoms with van der Waals surface area (Å²) in [5.74, 6) is 0.833. The summed E-state index contributed by atoms with van der Waals surface area (Å²) >= 11 is 0. The second-order valence-corrected chi connectivity index (χ2v) is 6.69. The van der Waals surface area contributed by atoms with Crippen LogP contribution in [-0.2, 0) is 17.6 Å². The number of hydrogen-bond acceptors (Lipinski definition) is 1. The van der Waals surface area contributed by atoms with E-state index in [9.17, 15) is 4.79 Å². The largest absolute Gasteiger partial charge is 0.299 e. The molecule has 2 aliphatic carbocycles. The van der Waals surface area contributed by atoms with E-state index < -0.39 is 0 Å². The van der Waals surface area contributed by atoms with E-state index in [1.807, 2.05) is 0 Å². The fourth-order valence-corrected chi connectivity index (χ4v) is 3.99. The van der Waals surface area contributed by atoms with Gasteiger partial charge in [0.2, 0.25) is 0 Å². The van der Waals surface area contributed by atoms with E-state index in [4.69, 9.17) is 0 Å². The normalized spacial score (nSPS) is 25.6. The SMILES string of the molecule is CC1(C(=O)C2CCc3ccccc3C2)CCCCC1. The molecule has 0 aromatic heterocycles. The number of Topliss-reactive ketones (excluding diaryl/α,β-unsaturated/α-hetero) is 1. The van der Waals surface area contributed by atoms with Crippen LogP contribution in [0.1, 0.15) is 56.6 Å². The van der Waals surface area contributed by atoms with E-state index in [1.165, 1.54) is 30.4 Å². The summed E-state index contributed by atoms with van der Waals surface area (Å²) in [7, 11) is 0. The lowest BCUT2D eigenvalue weighted by Gasteiger charge is -2.36. The summed E-state index contributed by atoms with van der Waals surface area (Å²) in [5.41, 5.74) is 2.85. The van der Waals surface area contributed by atoms with Gasteiger partial charge in [0.15, 0.2) is 0 Å². The second kappa shape index (κ2) is 5.11. The Kier molecular flexibility index (Phi) is 3.47. The summed E-state index contributed by atoms with van der Waals surface area (Å²) < 4.78 is 0. The Bertz CT molecular complexity index is 468. The van der Waals surface area contributed by atoms with Gasteiger partial charge in [0, 0.05) is 11.3 Å². The number of ketones is 1. The van der Waals surface area contributed by atoms with Gasteiger partial charge < -0.3 is 0 Å². The Balaban J connectivity index is 1.75. The van der Waals surface area contributed by atoms with Gasteiger partial charge in [-0.2, -0.15) is 0 Å². The second-order valence-electron chi connectivity index (χ2n) is 6.69. The topological polar surface area (TPSA) is 17.1 Å². The molecule has 3 rings (SSSR count). The number of benzene rings is 1. The van der Waals surface area contributed by atoms with Gasteiger partial charge in [-0.25, -0.2) is 0 Å². The summed E-state index contributed by atoms with van der Waals surface area (Å²) in [6.07, 6.45) is 9.15. The van der Waals surface area contributed by atoms with Crippen LogP contribution in [0.25, 0.3) is 0 Å². The van der Waals surface area contributed by atoms with Crippen molar-refractivity contribution in [3.8, 4) is 0 Å². The fraction of sp³-hybridized carbons (Fsp3) is 0.611. The van der Waals surface area contributed by atoms with Crippen molar-refractivity contribution in [2.45, 2.75) is 58.3 Å². The average molecular weight is 256 g/mol. The maximum Gasteiger partial charge on any atom is 0.142 e. The van der Waals surface area contributed by atoms with Crippen molar-refractivity contribution in [1.29, 1.82) is 0 Å². The number of fused-ring (bicyclic) bond motifs is 1. The first-order valence-corrected chi connectivity index (χ1v) is 7.80. The maximum atomic E-state index is 12.9. The highest BCUT2D eigenvalue weighted by atomic mass is 16.1. The minimum absolute atomic E-state index is 0.0187. The molecule has 0 bridgehead atoms. The Labute approximate surface area is 116 Å². The number of hydrogen-bond donors (Lipinski definition) is 0. The molecule has 1 heteroatoms. The third-order valence-electron chi connectivity index (χ3n) is 5.27. The summed E-state index contributed by atoms with van der Waals surface area (Å²) in [6, 6.07) is 8.65. The lowest BCUT2D eigenvalue weighted by molar-refractivity contribution is -0.134. The number of carbonyl (C=O) groups excluding carboxylic acids is 1. The fourth-order valence-electron chi connectivity index (χ4n) is 3.99. The van der Waals surface area contributed by atoms with Crippen molar-refractivity contribution in [2.75, 3.05) is 0 Å². The van der Waals surface area contributed by atoms with Gasteiger partial charge in [-0.15, -0.1) is 0 Å². The third kappa shape index (κ3) is 2.48. The van der Waals surface area contributed by atoms with E-state index in [2.05, 4.69) is 31.2 Å². The van der Waals surface area contributed by atoms with Crippen LogP contribution in [0.4, 0.5) is 0 Å². The van der Waals surface area contributed by atoms with Gasteiger partial charge in [-0.3, -0.25) is 4.79 Å². The maximum absolute atomic E-state index is 12.9. The van der Waals surface area contributed by atoms with Gasteiger partial charge >= 0.3 is 0 Å². The van der Waals surface area contributed by atoms with Crippen molar-refractivity contribution in [3.63, 3.8) is 0 Å². The van der Waals surface area contributed by atoms with Gasteiger partial charge in [0.1, 0.15) is 5.78 Å². The molecule has 1 nitrogen and oxygen atoms in total. The Morgan fingerprint density at radius 2 is 1.79 bits per heavy atom. The molecule has 0 saturated heterocycles. The third-order valence-corrected chi connectivity index (χ3v) is 5.27. The van der Waals surface area contributed by atoms with Crippen molar-refractivity contribution in [1.82, 2.24) is 0 Å². The zero-order valence-electron chi connectivity index (χ0n) is 12.0. The average Bonchev–Trinajstić information content (AvgIpc) is 2.47. The molecular weight excluding hydrogens is 232 g/mol. The zero-order chi connectivity index (χ0) is 13.3. The number of aryl methyl sites for hydroxylation is 1. The highest BCUT2D eigenvalue weighted by Crippen LogP contribution is 2.41. The predicted molar refractivity (Wildman–Crippen MR) is 78.2 cm³/mol. The molecule has 1 atom stereocenters. The first-order valence-electron chi connectivity index (χ1n) is 7.80. The summed E-state index contributed by atoms with van der Waals surface area (Å²) in [4.78, 5) is 12.9. The summed E-state index contributed by atoms with van der Waals surface area (Å²) in [6.45, 7) is 2.22. The molecule has 1 unspecified atom stereocenters. The first kappa shape index (κ1) is 12.9. The van der Waals surface area contributed by atoms with Crippen LogP contribution in [0, 0.1) is 11.3 Å². The van der Waals surface area contributed by atoms with Crippen LogP contribution in [0.5, 0.6) is 0 Å². The molecular formula is C18H24O. The standard InChI is InChI=1S/C18H24O/c1-18(11-5-2-6-12-18)17(19)16-10-9-14-7-3-4-8-15(14)13-16/h3-4,7-8,16H,2,5-6,9-13H2,1H3. The Morgan fingerprint density at radius 3 is 2.53 bits per heavy atom. The smallest absolute Gasteiger partial charge is 0.142 e. The summed E-state index contributed by atoms with van der Waals surface area (Å²) in [5, 5.41) is 0. The Hall–Kier alpha value is -1.11. The van der Waals surface area contributed by atoms with Crippen molar-refractivity contribution < 1.29 is 4.79 Å². The first-order chi connectivity index (χ1) is 9.19. The lowest BCUT2D eigenvalue weighted by atomic mass is 9.66. The zero-order valence-corrected chi connectivity index (χ0v) is 12.0. The van der Waals surface area contributed by atoms with Crippen LogP contribution < -0.4 is 0 Å². The van der Waals surface area contributed by atoms with Crippen LogP contribution >= 0.6 is 0 Å². The predicted octanol–water partition coefficient (Wildman–Crippen LogP) is 4.33. The molecule has 0 aliphatic heterocycles. The van der Waals surface area contributed by atoms with Crippen LogP contribution in [0.2, 0.25) is 0 Å². The van der Waals surface area contributed by atoms with Crippen molar-refractivity contribution in [3.05, 3.63) is 35.4 Å².